The van der Waals surface area contributed by atoms with Crippen LogP contribution in [0.15, 0.2) is 39.9 Å². The zero-order valence-electron chi connectivity index (χ0n) is 22.0. The Morgan fingerprint density at radius 3 is 2.50 bits per heavy atom. The average molecular weight is 494 g/mol. The summed E-state index contributed by atoms with van der Waals surface area (Å²) in [6.45, 7) is 6.60. The second-order valence-electron chi connectivity index (χ2n) is 11.7. The summed E-state index contributed by atoms with van der Waals surface area (Å²) in [5.41, 5.74) is 8.17. The first-order chi connectivity index (χ1) is 17.4. The first-order valence-corrected chi connectivity index (χ1v) is 14.2. The molecule has 2 aromatic carbocycles. The standard InChI is InChI=1S/C30H43N3O3/c1-20(2)33(25-12-6-11-24(31)18-25)27-26(28(34)29(27)35)32-16-7-10-23(19-32)30(22-8-4-3-5-9-22)36-17-15-21-13-14-21/h3-5,8-9,20-21,23-25,30H,6-7,10-19,31H2,1-2H3. The molecule has 0 spiro atoms. The third-order valence-electron chi connectivity index (χ3n) is 8.61. The van der Waals surface area contributed by atoms with Crippen molar-refractivity contribution in [1.29, 1.82) is 0 Å². The highest BCUT2D eigenvalue weighted by atomic mass is 16.5. The van der Waals surface area contributed by atoms with Crippen molar-refractivity contribution in [2.75, 3.05) is 29.5 Å². The number of nitrogens with zero attached hydrogens (tertiary/aromatic N) is 2. The third-order valence-corrected chi connectivity index (χ3v) is 8.61. The zero-order chi connectivity index (χ0) is 25.2. The van der Waals surface area contributed by atoms with Gasteiger partial charge in [-0.15, -0.1) is 0 Å². The van der Waals surface area contributed by atoms with Crippen LogP contribution >= 0.6 is 0 Å². The van der Waals surface area contributed by atoms with E-state index in [1.165, 1.54) is 18.4 Å². The van der Waals surface area contributed by atoms with Gasteiger partial charge in [0, 0.05) is 43.7 Å². The topological polar surface area (TPSA) is 75.9 Å². The highest BCUT2D eigenvalue weighted by Gasteiger charge is 2.38. The molecule has 6 nitrogen and oxygen atoms in total. The van der Waals surface area contributed by atoms with E-state index in [-0.39, 0.29) is 41.0 Å². The van der Waals surface area contributed by atoms with Gasteiger partial charge in [-0.2, -0.15) is 0 Å². The summed E-state index contributed by atoms with van der Waals surface area (Å²) in [7, 11) is 0. The Hall–Kier alpha value is -2.18. The van der Waals surface area contributed by atoms with Crippen molar-refractivity contribution in [3.05, 3.63) is 56.3 Å². The average Bonchev–Trinajstić information content (AvgIpc) is 3.71. The summed E-state index contributed by atoms with van der Waals surface area (Å²) >= 11 is 0. The summed E-state index contributed by atoms with van der Waals surface area (Å²) in [5, 5.41) is 0. The second kappa shape index (κ2) is 11.1. The smallest absolute Gasteiger partial charge is 0.253 e. The Morgan fingerprint density at radius 1 is 1.03 bits per heavy atom. The number of piperidine rings is 1. The maximum Gasteiger partial charge on any atom is 0.253 e. The molecule has 1 saturated heterocycles. The van der Waals surface area contributed by atoms with E-state index in [4.69, 9.17) is 10.5 Å². The number of benzene rings is 1. The minimum absolute atomic E-state index is 0.0141. The van der Waals surface area contributed by atoms with Crippen LogP contribution in [0.5, 0.6) is 0 Å². The van der Waals surface area contributed by atoms with Crippen molar-refractivity contribution >= 4 is 11.4 Å². The molecule has 3 fully saturated rings. The number of nitrogens with two attached hydrogens (primary N) is 1. The van der Waals surface area contributed by atoms with Crippen LogP contribution in [0, 0.1) is 11.8 Å². The van der Waals surface area contributed by atoms with E-state index >= 15 is 0 Å². The molecule has 2 aliphatic carbocycles. The zero-order valence-corrected chi connectivity index (χ0v) is 22.0. The molecule has 1 heterocycles. The predicted molar refractivity (Wildman–Crippen MR) is 147 cm³/mol. The lowest BCUT2D eigenvalue weighted by molar-refractivity contribution is 0.00303. The van der Waals surface area contributed by atoms with Crippen molar-refractivity contribution < 1.29 is 4.74 Å². The summed E-state index contributed by atoms with van der Waals surface area (Å²) in [4.78, 5) is 30.4. The molecular formula is C30H43N3O3. The summed E-state index contributed by atoms with van der Waals surface area (Å²) < 4.78 is 6.55. The van der Waals surface area contributed by atoms with Crippen LogP contribution in [0.1, 0.15) is 83.3 Å². The fraction of sp³-hybridized carbons (Fsp3) is 0.667. The molecule has 0 bridgehead atoms. The van der Waals surface area contributed by atoms with Gasteiger partial charge in [-0.05, 0) is 70.3 Å². The molecule has 4 unspecified atom stereocenters. The number of ether oxygens (including phenoxy) is 1. The largest absolute Gasteiger partial charge is 0.373 e. The molecule has 5 rings (SSSR count). The molecule has 4 atom stereocenters. The van der Waals surface area contributed by atoms with Gasteiger partial charge >= 0.3 is 0 Å². The van der Waals surface area contributed by atoms with E-state index in [0.29, 0.717) is 11.4 Å². The minimum Gasteiger partial charge on any atom is -0.373 e. The number of hydrogen-bond acceptors (Lipinski definition) is 6. The number of hydrogen-bond donors (Lipinski definition) is 1. The lowest BCUT2D eigenvalue weighted by Crippen LogP contribution is -2.54. The molecule has 2 saturated carbocycles. The van der Waals surface area contributed by atoms with E-state index in [0.717, 1.165) is 70.6 Å². The monoisotopic (exact) mass is 493 g/mol. The Labute approximate surface area is 215 Å². The molecule has 36 heavy (non-hydrogen) atoms. The van der Waals surface area contributed by atoms with Crippen LogP contribution in [0.4, 0.5) is 11.4 Å². The van der Waals surface area contributed by atoms with Gasteiger partial charge in [-0.3, -0.25) is 9.59 Å². The van der Waals surface area contributed by atoms with Gasteiger partial charge in [0.15, 0.2) is 0 Å². The lowest BCUT2D eigenvalue weighted by atomic mass is 9.87. The van der Waals surface area contributed by atoms with E-state index in [1.807, 2.05) is 6.07 Å². The Kier molecular flexibility index (Phi) is 7.82. The molecule has 0 amide bonds. The molecular weight excluding hydrogens is 450 g/mol. The third kappa shape index (κ3) is 5.40. The van der Waals surface area contributed by atoms with E-state index in [1.54, 1.807) is 0 Å². The molecule has 0 aromatic heterocycles. The molecule has 1 aliphatic heterocycles. The van der Waals surface area contributed by atoms with Crippen molar-refractivity contribution in [2.45, 2.75) is 95.9 Å². The number of anilines is 2. The van der Waals surface area contributed by atoms with E-state index in [2.05, 4.69) is 47.9 Å². The van der Waals surface area contributed by atoms with Gasteiger partial charge in [0.2, 0.25) is 0 Å². The first-order valence-electron chi connectivity index (χ1n) is 14.2. The van der Waals surface area contributed by atoms with Crippen LogP contribution < -0.4 is 26.4 Å². The van der Waals surface area contributed by atoms with Crippen LogP contribution in [0.2, 0.25) is 0 Å². The van der Waals surface area contributed by atoms with Crippen molar-refractivity contribution in [3.8, 4) is 0 Å². The van der Waals surface area contributed by atoms with Gasteiger partial charge in [0.25, 0.3) is 10.9 Å². The quantitative estimate of drug-likeness (QED) is 0.490. The Balaban J connectivity index is 1.38. The predicted octanol–water partition coefficient (Wildman–Crippen LogP) is 4.54. The second-order valence-corrected chi connectivity index (χ2v) is 11.7. The Bertz CT molecular complexity index is 1070. The first kappa shape index (κ1) is 25.5. The fourth-order valence-corrected chi connectivity index (χ4v) is 6.59. The molecule has 3 aliphatic rings. The van der Waals surface area contributed by atoms with Crippen LogP contribution in [-0.4, -0.2) is 37.8 Å². The molecule has 196 valence electrons. The van der Waals surface area contributed by atoms with E-state index in [9.17, 15) is 9.59 Å². The Morgan fingerprint density at radius 2 is 1.81 bits per heavy atom. The lowest BCUT2D eigenvalue weighted by Gasteiger charge is -2.44. The maximum atomic E-state index is 13.0. The van der Waals surface area contributed by atoms with Crippen LogP contribution in [-0.2, 0) is 4.74 Å². The van der Waals surface area contributed by atoms with Gasteiger partial charge in [0.05, 0.1) is 6.10 Å². The maximum absolute atomic E-state index is 13.0. The molecule has 6 heteroatoms. The normalized spacial score (nSPS) is 25.9. The summed E-state index contributed by atoms with van der Waals surface area (Å²) in [6.07, 6.45) is 9.89. The molecule has 0 radical (unpaired) electrons. The fourth-order valence-electron chi connectivity index (χ4n) is 6.59. The summed E-state index contributed by atoms with van der Waals surface area (Å²) in [5.74, 6) is 1.12. The van der Waals surface area contributed by atoms with Crippen molar-refractivity contribution in [2.24, 2.45) is 17.6 Å². The van der Waals surface area contributed by atoms with Gasteiger partial charge in [-0.1, -0.05) is 43.2 Å². The highest BCUT2D eigenvalue weighted by molar-refractivity contribution is 5.77. The molecule has 2 aromatic rings. The minimum atomic E-state index is -0.319. The van der Waals surface area contributed by atoms with Crippen molar-refractivity contribution in [1.82, 2.24) is 0 Å². The number of rotatable bonds is 10. The molecule has 2 N–H and O–H groups in total. The van der Waals surface area contributed by atoms with E-state index < -0.39 is 0 Å². The summed E-state index contributed by atoms with van der Waals surface area (Å²) in [6, 6.07) is 11.1. The van der Waals surface area contributed by atoms with Crippen molar-refractivity contribution in [3.63, 3.8) is 0 Å². The van der Waals surface area contributed by atoms with Gasteiger partial charge in [0.1, 0.15) is 11.4 Å². The highest BCUT2D eigenvalue weighted by Crippen LogP contribution is 2.39. The van der Waals surface area contributed by atoms with Gasteiger partial charge < -0.3 is 20.3 Å². The van der Waals surface area contributed by atoms with Gasteiger partial charge in [-0.25, -0.2) is 0 Å². The SMILES string of the molecule is CC(C)N(c1c(N2CCCC(C(OCCC3CC3)c3ccccc3)C2)c(=O)c1=O)C1CCCC(N)C1. The van der Waals surface area contributed by atoms with Crippen LogP contribution in [0.3, 0.4) is 0 Å². The van der Waals surface area contributed by atoms with Crippen LogP contribution in [0.25, 0.3) is 0 Å².